The summed E-state index contributed by atoms with van der Waals surface area (Å²) in [6.07, 6.45) is -2.33. The molecular weight excluding hydrogens is 256 g/mol. The molecule has 0 unspecified atom stereocenters. The third-order valence-corrected chi connectivity index (χ3v) is 4.00. The van der Waals surface area contributed by atoms with E-state index in [4.69, 9.17) is 18.9 Å². The quantitative estimate of drug-likeness (QED) is 0.566. The van der Waals surface area contributed by atoms with Crippen LogP contribution in [0.2, 0.25) is 0 Å². The summed E-state index contributed by atoms with van der Waals surface area (Å²) in [5.41, 5.74) is 0. The van der Waals surface area contributed by atoms with Crippen LogP contribution in [-0.4, -0.2) is 57.7 Å². The lowest BCUT2D eigenvalue weighted by Gasteiger charge is -2.42. The molecule has 1 aliphatic heterocycles. The molecule has 0 bridgehead atoms. The molecule has 0 aromatic carbocycles. The average molecular weight is 273 g/mol. The van der Waals surface area contributed by atoms with Gasteiger partial charge in [0.25, 0.3) is 0 Å². The van der Waals surface area contributed by atoms with Crippen molar-refractivity contribution in [1.29, 1.82) is 0 Å². The van der Waals surface area contributed by atoms with E-state index in [0.717, 1.165) is 0 Å². The molecule has 0 aromatic rings. The maximum Gasteiger partial charge on any atom is 0.310 e. The number of aliphatic carboxylic acids is 1. The maximum atomic E-state index is 11.8. The standard InChI is InChI=1S/C12H18O7/c1-16-6-4-5-7(9(18-3)8(6)17-2)10(11(13)14)19-12(5)15/h5-10H,4H2,1-3H3,(H,13,14)/p-1/t5-,6+,7-,8-,9+,10+/m0/s1. The van der Waals surface area contributed by atoms with Gasteiger partial charge in [0.2, 0.25) is 0 Å². The molecule has 7 heteroatoms. The van der Waals surface area contributed by atoms with Crippen LogP contribution in [0.5, 0.6) is 0 Å². The number of ether oxygens (including phenoxy) is 4. The van der Waals surface area contributed by atoms with Gasteiger partial charge in [-0.15, -0.1) is 0 Å². The second-order valence-electron chi connectivity index (χ2n) is 4.77. The minimum atomic E-state index is -1.41. The predicted octanol–water partition coefficient (Wildman–Crippen LogP) is -1.66. The minimum Gasteiger partial charge on any atom is -0.546 e. The fourth-order valence-corrected chi connectivity index (χ4v) is 3.14. The summed E-state index contributed by atoms with van der Waals surface area (Å²) in [5.74, 6) is -3.13. The molecule has 1 heterocycles. The van der Waals surface area contributed by atoms with E-state index in [1.165, 1.54) is 21.3 Å². The third kappa shape index (κ3) is 2.22. The smallest absolute Gasteiger partial charge is 0.310 e. The van der Waals surface area contributed by atoms with E-state index < -0.39 is 42.1 Å². The van der Waals surface area contributed by atoms with E-state index in [2.05, 4.69) is 0 Å². The van der Waals surface area contributed by atoms with Crippen molar-refractivity contribution in [2.75, 3.05) is 21.3 Å². The van der Waals surface area contributed by atoms with Crippen LogP contribution in [0.1, 0.15) is 6.42 Å². The number of rotatable bonds is 4. The van der Waals surface area contributed by atoms with Gasteiger partial charge in [-0.3, -0.25) is 4.79 Å². The van der Waals surface area contributed by atoms with Gasteiger partial charge in [0.05, 0.1) is 24.1 Å². The van der Waals surface area contributed by atoms with E-state index in [1.807, 2.05) is 0 Å². The number of hydrogen-bond donors (Lipinski definition) is 0. The summed E-state index contributed by atoms with van der Waals surface area (Å²) in [4.78, 5) is 22.9. The van der Waals surface area contributed by atoms with E-state index in [1.54, 1.807) is 0 Å². The van der Waals surface area contributed by atoms with Crippen molar-refractivity contribution in [2.24, 2.45) is 11.8 Å². The van der Waals surface area contributed by atoms with Gasteiger partial charge in [0, 0.05) is 27.2 Å². The lowest BCUT2D eigenvalue weighted by molar-refractivity contribution is -0.318. The largest absolute Gasteiger partial charge is 0.546 e. The Bertz CT molecular complexity index is 369. The molecule has 1 saturated carbocycles. The topological polar surface area (TPSA) is 94.1 Å². The number of esters is 1. The number of fused-ring (bicyclic) bond motifs is 1. The normalized spacial score (nSPS) is 41.7. The Balaban J connectivity index is 2.33. The number of hydrogen-bond acceptors (Lipinski definition) is 7. The first kappa shape index (κ1) is 14.2. The zero-order valence-electron chi connectivity index (χ0n) is 11.0. The van der Waals surface area contributed by atoms with Gasteiger partial charge in [0.1, 0.15) is 12.2 Å². The zero-order chi connectivity index (χ0) is 14.2. The van der Waals surface area contributed by atoms with E-state index in [-0.39, 0.29) is 6.10 Å². The molecular formula is C12H17O7-. The number of carboxylic acid groups (broad SMARTS) is 1. The molecule has 0 amide bonds. The Labute approximate surface area is 110 Å². The first-order valence-electron chi connectivity index (χ1n) is 6.04. The van der Waals surface area contributed by atoms with Crippen molar-refractivity contribution in [1.82, 2.24) is 0 Å². The first-order valence-corrected chi connectivity index (χ1v) is 6.04. The number of methoxy groups -OCH3 is 3. The summed E-state index contributed by atoms with van der Waals surface area (Å²) < 4.78 is 20.9. The summed E-state index contributed by atoms with van der Waals surface area (Å²) in [7, 11) is 4.45. The molecule has 1 saturated heterocycles. The van der Waals surface area contributed by atoms with Crippen molar-refractivity contribution in [3.05, 3.63) is 0 Å². The van der Waals surface area contributed by atoms with Crippen molar-refractivity contribution in [2.45, 2.75) is 30.8 Å². The van der Waals surface area contributed by atoms with Gasteiger partial charge in [-0.25, -0.2) is 0 Å². The third-order valence-electron chi connectivity index (χ3n) is 4.00. The molecule has 19 heavy (non-hydrogen) atoms. The first-order chi connectivity index (χ1) is 9.04. The SMILES string of the molecule is CO[C@@H]1[C@H](OC)[C@@H]2[C@H](C[C@H]1OC)C(=O)O[C@H]2C(=O)[O-]. The predicted molar refractivity (Wildman–Crippen MR) is 58.9 cm³/mol. The Hall–Kier alpha value is -1.18. The Morgan fingerprint density at radius 2 is 1.84 bits per heavy atom. The summed E-state index contributed by atoms with van der Waals surface area (Å²) in [5, 5.41) is 11.1. The molecule has 1 aliphatic carbocycles. The summed E-state index contributed by atoms with van der Waals surface area (Å²) >= 11 is 0. The van der Waals surface area contributed by atoms with Crippen LogP contribution in [0.4, 0.5) is 0 Å². The molecule has 108 valence electrons. The highest BCUT2D eigenvalue weighted by molar-refractivity contribution is 5.83. The highest BCUT2D eigenvalue weighted by Gasteiger charge is 2.57. The van der Waals surface area contributed by atoms with Crippen LogP contribution in [0.15, 0.2) is 0 Å². The monoisotopic (exact) mass is 273 g/mol. The van der Waals surface area contributed by atoms with Crippen molar-refractivity contribution >= 4 is 11.9 Å². The van der Waals surface area contributed by atoms with Gasteiger partial charge in [-0.2, -0.15) is 0 Å². The van der Waals surface area contributed by atoms with E-state index in [9.17, 15) is 14.7 Å². The van der Waals surface area contributed by atoms with Crippen molar-refractivity contribution in [3.63, 3.8) is 0 Å². The van der Waals surface area contributed by atoms with Gasteiger partial charge in [0.15, 0.2) is 0 Å². The summed E-state index contributed by atoms with van der Waals surface area (Å²) in [6, 6.07) is 0. The van der Waals surface area contributed by atoms with Crippen LogP contribution in [-0.2, 0) is 28.5 Å². The Kier molecular flexibility index (Phi) is 4.07. The molecule has 6 atom stereocenters. The molecule has 2 rings (SSSR count). The van der Waals surface area contributed by atoms with Gasteiger partial charge >= 0.3 is 5.97 Å². The Morgan fingerprint density at radius 3 is 2.32 bits per heavy atom. The fourth-order valence-electron chi connectivity index (χ4n) is 3.14. The average Bonchev–Trinajstić information content (AvgIpc) is 2.73. The summed E-state index contributed by atoms with van der Waals surface area (Å²) in [6.45, 7) is 0. The van der Waals surface area contributed by atoms with Crippen LogP contribution >= 0.6 is 0 Å². The second-order valence-corrected chi connectivity index (χ2v) is 4.77. The lowest BCUT2D eigenvalue weighted by atomic mass is 9.73. The van der Waals surface area contributed by atoms with Crippen LogP contribution in [0.3, 0.4) is 0 Å². The number of carbonyl (C=O) groups is 2. The second kappa shape index (κ2) is 5.44. The zero-order valence-corrected chi connectivity index (χ0v) is 11.0. The molecule has 2 aliphatic rings. The molecule has 0 aromatic heterocycles. The minimum absolute atomic E-state index is 0.343. The van der Waals surface area contributed by atoms with Gasteiger partial charge in [-0.1, -0.05) is 0 Å². The van der Waals surface area contributed by atoms with Gasteiger partial charge in [-0.05, 0) is 6.42 Å². The van der Waals surface area contributed by atoms with Crippen molar-refractivity contribution < 1.29 is 33.6 Å². The molecule has 0 spiro atoms. The maximum absolute atomic E-state index is 11.8. The van der Waals surface area contributed by atoms with Crippen LogP contribution in [0, 0.1) is 11.8 Å². The number of carbonyl (C=O) groups excluding carboxylic acids is 2. The van der Waals surface area contributed by atoms with Crippen LogP contribution < -0.4 is 5.11 Å². The van der Waals surface area contributed by atoms with Crippen molar-refractivity contribution in [3.8, 4) is 0 Å². The van der Waals surface area contributed by atoms with E-state index >= 15 is 0 Å². The molecule has 0 N–H and O–H groups in total. The fraction of sp³-hybridized carbons (Fsp3) is 0.833. The van der Waals surface area contributed by atoms with Crippen LogP contribution in [0.25, 0.3) is 0 Å². The molecule has 2 fully saturated rings. The highest BCUT2D eigenvalue weighted by Crippen LogP contribution is 2.42. The number of cyclic esters (lactones) is 1. The Morgan fingerprint density at radius 1 is 1.21 bits per heavy atom. The molecule has 7 nitrogen and oxygen atoms in total. The van der Waals surface area contributed by atoms with Gasteiger partial charge < -0.3 is 28.8 Å². The number of carboxylic acids is 1. The lowest BCUT2D eigenvalue weighted by Crippen LogP contribution is -2.56. The van der Waals surface area contributed by atoms with E-state index in [0.29, 0.717) is 6.42 Å². The molecule has 0 radical (unpaired) electrons. The highest BCUT2D eigenvalue weighted by atomic mass is 16.6.